The summed E-state index contributed by atoms with van der Waals surface area (Å²) in [5, 5.41) is 13.9. The predicted octanol–water partition coefficient (Wildman–Crippen LogP) is 1.71. The van der Waals surface area contributed by atoms with Crippen LogP contribution in [0, 0.1) is 0 Å². The van der Waals surface area contributed by atoms with Crippen molar-refractivity contribution in [3.8, 4) is 0 Å². The number of benzene rings is 1. The van der Waals surface area contributed by atoms with Gasteiger partial charge in [-0.1, -0.05) is 0 Å². The van der Waals surface area contributed by atoms with Gasteiger partial charge in [0.15, 0.2) is 0 Å². The minimum absolute atomic E-state index is 0. The molecule has 1 aromatic carbocycles. The second-order valence-corrected chi connectivity index (χ2v) is 2.63. The van der Waals surface area contributed by atoms with Crippen LogP contribution in [0.1, 0.15) is 17.3 Å². The molecule has 0 atom stereocenters. The summed E-state index contributed by atoms with van der Waals surface area (Å²) < 4.78 is 4.79. The van der Waals surface area contributed by atoms with Crippen molar-refractivity contribution in [3.05, 3.63) is 29.8 Å². The smallest absolute Gasteiger partial charge is 0.462 e. The molecule has 1 aromatic rings. The molecule has 8 heteroatoms. The zero-order valence-electron chi connectivity index (χ0n) is 9.83. The molecule has 0 bridgehead atoms. The van der Waals surface area contributed by atoms with Crippen LogP contribution in [0.2, 0.25) is 0 Å². The molecule has 4 N–H and O–H groups in total. The second kappa shape index (κ2) is 12.8. The maximum Gasteiger partial charge on any atom is 0.503 e. The standard InChI is InChI=1S/C9H11NO2.CH2O3.Ca.ClH/c1-2-12-9(11)7-3-5-8(10)6-4-7;2-1(3)4;;/h3-6H,2,10H2,1H3;(H2,2,3,4);;1H. The van der Waals surface area contributed by atoms with E-state index in [1.54, 1.807) is 31.2 Å². The van der Waals surface area contributed by atoms with Crippen molar-refractivity contribution in [2.75, 3.05) is 12.3 Å². The number of ether oxygens (including phenoxy) is 1. The molecular weight excluding hydrogens is 290 g/mol. The molecular formula is C10H14CaClNO5. The molecule has 0 amide bonds. The Balaban J connectivity index is -0.000000332. The first kappa shape index (κ1) is 22.5. The zero-order valence-corrected chi connectivity index (χ0v) is 12.9. The fourth-order valence-corrected chi connectivity index (χ4v) is 0.834. The number of esters is 1. The molecule has 0 saturated heterocycles. The number of rotatable bonds is 2. The Morgan fingerprint density at radius 1 is 1.22 bits per heavy atom. The van der Waals surface area contributed by atoms with Crippen LogP contribution in [0.5, 0.6) is 0 Å². The first-order valence-electron chi connectivity index (χ1n) is 4.42. The summed E-state index contributed by atoms with van der Waals surface area (Å²) in [6.45, 7) is 2.17. The number of carbonyl (C=O) groups excluding carboxylic acids is 1. The first-order chi connectivity index (χ1) is 7.47. The molecule has 0 aliphatic heterocycles. The minimum Gasteiger partial charge on any atom is -0.462 e. The average molecular weight is 304 g/mol. The summed E-state index contributed by atoms with van der Waals surface area (Å²) in [4.78, 5) is 19.6. The van der Waals surface area contributed by atoms with Crippen molar-refractivity contribution in [2.45, 2.75) is 6.92 Å². The number of anilines is 1. The summed E-state index contributed by atoms with van der Waals surface area (Å²) in [7, 11) is 0. The van der Waals surface area contributed by atoms with E-state index in [4.69, 9.17) is 25.5 Å². The third kappa shape index (κ3) is 11.8. The van der Waals surface area contributed by atoms with Gasteiger partial charge in [-0.25, -0.2) is 9.59 Å². The summed E-state index contributed by atoms with van der Waals surface area (Å²) in [6.07, 6.45) is -1.83. The molecule has 0 spiro atoms. The molecule has 2 radical (unpaired) electrons. The van der Waals surface area contributed by atoms with Crippen LogP contribution in [-0.2, 0) is 4.74 Å². The average Bonchev–Trinajstić information content (AvgIpc) is 2.18. The van der Waals surface area contributed by atoms with Gasteiger partial charge in [0, 0.05) is 43.4 Å². The van der Waals surface area contributed by atoms with Gasteiger partial charge in [0.25, 0.3) is 0 Å². The van der Waals surface area contributed by atoms with E-state index in [0.29, 0.717) is 17.9 Å². The summed E-state index contributed by atoms with van der Waals surface area (Å²) in [5.41, 5.74) is 6.62. The largest absolute Gasteiger partial charge is 0.503 e. The fraction of sp³-hybridized carbons (Fsp3) is 0.200. The van der Waals surface area contributed by atoms with Crippen LogP contribution in [0.4, 0.5) is 10.5 Å². The molecule has 0 saturated carbocycles. The summed E-state index contributed by atoms with van der Waals surface area (Å²) in [5.74, 6) is -0.308. The van der Waals surface area contributed by atoms with Crippen molar-refractivity contribution < 1.29 is 24.5 Å². The van der Waals surface area contributed by atoms with E-state index in [0.717, 1.165) is 0 Å². The Labute approximate surface area is 141 Å². The monoisotopic (exact) mass is 303 g/mol. The maximum absolute atomic E-state index is 11.1. The van der Waals surface area contributed by atoms with Crippen molar-refractivity contribution in [3.63, 3.8) is 0 Å². The van der Waals surface area contributed by atoms with Crippen LogP contribution in [0.15, 0.2) is 24.3 Å². The number of nitrogen functional groups attached to an aromatic ring is 1. The Bertz CT molecular complexity index is 354. The topological polar surface area (TPSA) is 110 Å². The molecule has 0 aliphatic rings. The number of hydrogen-bond acceptors (Lipinski definition) is 4. The van der Waals surface area contributed by atoms with Crippen LogP contribution in [0.25, 0.3) is 0 Å². The Morgan fingerprint density at radius 3 is 1.94 bits per heavy atom. The molecule has 0 fully saturated rings. The van der Waals surface area contributed by atoms with E-state index in [1.165, 1.54) is 0 Å². The molecule has 0 unspecified atom stereocenters. The van der Waals surface area contributed by atoms with Gasteiger partial charge in [-0.3, -0.25) is 0 Å². The van der Waals surface area contributed by atoms with E-state index < -0.39 is 6.16 Å². The minimum atomic E-state index is -1.83. The Kier molecular flexibility index (Phi) is 15.9. The third-order valence-electron chi connectivity index (χ3n) is 1.42. The van der Waals surface area contributed by atoms with Gasteiger partial charge >= 0.3 is 12.1 Å². The van der Waals surface area contributed by atoms with Gasteiger partial charge < -0.3 is 20.7 Å². The maximum atomic E-state index is 11.1. The number of carbonyl (C=O) groups is 2. The number of carboxylic acid groups (broad SMARTS) is 2. The van der Waals surface area contributed by atoms with Gasteiger partial charge in [0.05, 0.1) is 12.2 Å². The molecule has 0 aliphatic carbocycles. The van der Waals surface area contributed by atoms with E-state index >= 15 is 0 Å². The molecule has 98 valence electrons. The molecule has 0 heterocycles. The SMILES string of the molecule is CCOC(=O)c1ccc(N)cc1.Cl.O=C(O)O.[Ca]. The van der Waals surface area contributed by atoms with Crippen LogP contribution in [0.3, 0.4) is 0 Å². The molecule has 6 nitrogen and oxygen atoms in total. The first-order valence-corrected chi connectivity index (χ1v) is 4.42. The molecule has 1 rings (SSSR count). The van der Waals surface area contributed by atoms with E-state index in [1.807, 2.05) is 0 Å². The van der Waals surface area contributed by atoms with Gasteiger partial charge in [0.1, 0.15) is 0 Å². The number of hydrogen-bond donors (Lipinski definition) is 3. The Hall–Kier alpha value is -0.690. The van der Waals surface area contributed by atoms with Gasteiger partial charge in [-0.15, -0.1) is 12.4 Å². The van der Waals surface area contributed by atoms with Gasteiger partial charge in [-0.05, 0) is 31.2 Å². The van der Waals surface area contributed by atoms with Crippen molar-refractivity contribution >= 4 is 68.0 Å². The van der Waals surface area contributed by atoms with Crippen LogP contribution in [-0.4, -0.2) is 66.7 Å². The summed E-state index contributed by atoms with van der Waals surface area (Å²) >= 11 is 0. The van der Waals surface area contributed by atoms with E-state index in [2.05, 4.69) is 0 Å². The van der Waals surface area contributed by atoms with E-state index in [9.17, 15) is 4.79 Å². The van der Waals surface area contributed by atoms with Crippen LogP contribution < -0.4 is 5.73 Å². The van der Waals surface area contributed by atoms with Gasteiger partial charge in [0.2, 0.25) is 0 Å². The van der Waals surface area contributed by atoms with Crippen molar-refractivity contribution in [2.24, 2.45) is 0 Å². The van der Waals surface area contributed by atoms with Gasteiger partial charge in [-0.2, -0.15) is 0 Å². The normalized spacial score (nSPS) is 7.61. The second-order valence-electron chi connectivity index (χ2n) is 2.63. The predicted molar refractivity (Wildman–Crippen MR) is 70.5 cm³/mol. The van der Waals surface area contributed by atoms with Crippen LogP contribution >= 0.6 is 12.4 Å². The van der Waals surface area contributed by atoms with Crippen molar-refractivity contribution in [1.29, 1.82) is 0 Å². The third-order valence-corrected chi connectivity index (χ3v) is 1.42. The quantitative estimate of drug-likeness (QED) is 0.436. The molecule has 18 heavy (non-hydrogen) atoms. The summed E-state index contributed by atoms with van der Waals surface area (Å²) in [6, 6.07) is 6.64. The number of halogens is 1. The Morgan fingerprint density at radius 2 is 1.61 bits per heavy atom. The zero-order chi connectivity index (χ0) is 12.6. The fourth-order valence-electron chi connectivity index (χ4n) is 0.834. The molecule has 0 aromatic heterocycles. The number of nitrogens with two attached hydrogens (primary N) is 1. The van der Waals surface area contributed by atoms with E-state index in [-0.39, 0.29) is 56.1 Å². The van der Waals surface area contributed by atoms with Crippen molar-refractivity contribution in [1.82, 2.24) is 0 Å².